The number of hydrogen-bond donors (Lipinski definition) is 1. The minimum absolute atomic E-state index is 0.0887. The van der Waals surface area contributed by atoms with E-state index in [1.54, 1.807) is 19.3 Å². The number of carboxylic acids is 1. The first-order valence-electron chi connectivity index (χ1n) is 7.85. The van der Waals surface area contributed by atoms with Gasteiger partial charge in [-0.2, -0.15) is 0 Å². The van der Waals surface area contributed by atoms with Crippen LogP contribution in [-0.4, -0.2) is 30.1 Å². The first-order chi connectivity index (χ1) is 10.6. The van der Waals surface area contributed by atoms with E-state index in [9.17, 15) is 9.59 Å². The molecule has 0 aliphatic heterocycles. The molecule has 0 heterocycles. The maximum Gasteiger partial charge on any atom is 0.303 e. The van der Waals surface area contributed by atoms with Crippen LogP contribution in [0.3, 0.4) is 0 Å². The second-order valence-electron chi connectivity index (χ2n) is 5.20. The zero-order valence-corrected chi connectivity index (χ0v) is 13.7. The summed E-state index contributed by atoms with van der Waals surface area (Å²) < 4.78 is 5.06. The summed E-state index contributed by atoms with van der Waals surface area (Å²) in [5, 5.41) is 8.50. The van der Waals surface area contributed by atoms with Gasteiger partial charge >= 0.3 is 5.97 Å². The van der Waals surface area contributed by atoms with Crippen LogP contribution in [0.15, 0.2) is 36.5 Å². The number of ketones is 1. The van der Waals surface area contributed by atoms with Crippen LogP contribution >= 0.6 is 0 Å². The Hall–Kier alpha value is -1.68. The SMILES string of the molecule is COC(C)C=CC=CC=CC(=O)CCCCCCCC(=O)O. The van der Waals surface area contributed by atoms with Crippen LogP contribution in [0.1, 0.15) is 51.9 Å². The average molecular weight is 308 g/mol. The highest BCUT2D eigenvalue weighted by Gasteiger charge is 1.98. The molecule has 0 aromatic heterocycles. The van der Waals surface area contributed by atoms with Crippen molar-refractivity contribution in [2.24, 2.45) is 0 Å². The van der Waals surface area contributed by atoms with Crippen LogP contribution in [0.5, 0.6) is 0 Å². The second kappa shape index (κ2) is 14.3. The molecule has 0 saturated carbocycles. The Balaban J connectivity index is 3.60. The first kappa shape index (κ1) is 20.3. The number of methoxy groups -OCH3 is 1. The van der Waals surface area contributed by atoms with E-state index in [1.807, 2.05) is 31.2 Å². The summed E-state index contributed by atoms with van der Waals surface area (Å²) in [6.45, 7) is 1.95. The predicted molar refractivity (Wildman–Crippen MR) is 88.9 cm³/mol. The number of unbranched alkanes of at least 4 members (excludes halogenated alkanes) is 4. The fourth-order valence-electron chi connectivity index (χ4n) is 1.78. The van der Waals surface area contributed by atoms with Gasteiger partial charge in [-0.15, -0.1) is 0 Å². The van der Waals surface area contributed by atoms with Gasteiger partial charge in [0.2, 0.25) is 0 Å². The highest BCUT2D eigenvalue weighted by Crippen LogP contribution is 2.07. The molecule has 1 unspecified atom stereocenters. The number of rotatable bonds is 13. The van der Waals surface area contributed by atoms with Crippen LogP contribution in [0, 0.1) is 0 Å². The zero-order valence-electron chi connectivity index (χ0n) is 13.7. The Morgan fingerprint density at radius 2 is 1.55 bits per heavy atom. The van der Waals surface area contributed by atoms with Crippen LogP contribution in [-0.2, 0) is 14.3 Å². The molecule has 22 heavy (non-hydrogen) atoms. The molecular weight excluding hydrogens is 280 g/mol. The fraction of sp³-hybridized carbons (Fsp3) is 0.556. The number of carbonyl (C=O) groups excluding carboxylic acids is 1. The van der Waals surface area contributed by atoms with Gasteiger partial charge in [-0.05, 0) is 25.8 Å². The standard InChI is InChI=1S/C18H28O4/c1-16(22-2)12-8-6-7-10-14-17(19)13-9-4-3-5-11-15-18(20)21/h6-8,10,12,14,16H,3-5,9,11,13,15H2,1-2H3,(H,20,21). The Labute approximate surface area is 133 Å². The Bertz CT molecular complexity index is 394. The van der Waals surface area contributed by atoms with Crippen LogP contribution < -0.4 is 0 Å². The molecule has 0 rings (SSSR count). The largest absolute Gasteiger partial charge is 0.481 e. The van der Waals surface area contributed by atoms with Crippen molar-refractivity contribution in [2.45, 2.75) is 58.0 Å². The van der Waals surface area contributed by atoms with E-state index in [1.165, 1.54) is 0 Å². The predicted octanol–water partition coefficient (Wildman–Crippen LogP) is 4.07. The van der Waals surface area contributed by atoms with Crippen LogP contribution in [0.2, 0.25) is 0 Å². The fourth-order valence-corrected chi connectivity index (χ4v) is 1.78. The normalized spacial score (nSPS) is 13.4. The van der Waals surface area contributed by atoms with Crippen molar-refractivity contribution in [1.82, 2.24) is 0 Å². The molecular formula is C18H28O4. The molecule has 0 aromatic carbocycles. The van der Waals surface area contributed by atoms with Gasteiger partial charge in [0.25, 0.3) is 0 Å². The third-order valence-corrected chi connectivity index (χ3v) is 3.18. The van der Waals surface area contributed by atoms with E-state index >= 15 is 0 Å². The van der Waals surface area contributed by atoms with Crippen molar-refractivity contribution in [3.63, 3.8) is 0 Å². The molecule has 0 radical (unpaired) electrons. The van der Waals surface area contributed by atoms with Gasteiger partial charge in [0, 0.05) is 20.0 Å². The molecule has 1 N–H and O–H groups in total. The highest BCUT2D eigenvalue weighted by molar-refractivity contribution is 5.89. The minimum atomic E-state index is -0.736. The molecule has 0 saturated heterocycles. The lowest BCUT2D eigenvalue weighted by Crippen LogP contribution is -1.97. The van der Waals surface area contributed by atoms with Crippen molar-refractivity contribution in [3.05, 3.63) is 36.5 Å². The molecule has 0 amide bonds. The monoisotopic (exact) mass is 308 g/mol. The number of carboxylic acid groups (broad SMARTS) is 1. The summed E-state index contributed by atoms with van der Waals surface area (Å²) in [5.41, 5.74) is 0. The van der Waals surface area contributed by atoms with Crippen LogP contribution in [0.4, 0.5) is 0 Å². The molecule has 0 fully saturated rings. The molecule has 0 bridgehead atoms. The lowest BCUT2D eigenvalue weighted by molar-refractivity contribution is -0.137. The van der Waals surface area contributed by atoms with Gasteiger partial charge < -0.3 is 9.84 Å². The molecule has 1 atom stereocenters. The Morgan fingerprint density at radius 1 is 0.955 bits per heavy atom. The topological polar surface area (TPSA) is 63.6 Å². The van der Waals surface area contributed by atoms with E-state index in [0.29, 0.717) is 6.42 Å². The molecule has 4 nitrogen and oxygen atoms in total. The molecule has 4 heteroatoms. The molecule has 0 spiro atoms. The van der Waals surface area contributed by atoms with Gasteiger partial charge in [-0.25, -0.2) is 0 Å². The summed E-state index contributed by atoms with van der Waals surface area (Å²) in [6, 6.07) is 0. The van der Waals surface area contributed by atoms with Gasteiger partial charge in [-0.1, -0.05) is 49.6 Å². The molecule has 0 aliphatic rings. The molecule has 124 valence electrons. The van der Waals surface area contributed by atoms with Gasteiger partial charge in [0.05, 0.1) is 6.10 Å². The number of aliphatic carboxylic acids is 1. The van der Waals surface area contributed by atoms with Crippen molar-refractivity contribution in [2.75, 3.05) is 7.11 Å². The first-order valence-corrected chi connectivity index (χ1v) is 7.85. The number of hydrogen-bond acceptors (Lipinski definition) is 3. The van der Waals surface area contributed by atoms with Gasteiger partial charge in [0.1, 0.15) is 0 Å². The number of ether oxygens (including phenoxy) is 1. The Kier molecular flexibility index (Phi) is 13.2. The molecule has 0 aromatic rings. The third-order valence-electron chi connectivity index (χ3n) is 3.18. The summed E-state index contributed by atoms with van der Waals surface area (Å²) >= 11 is 0. The number of carbonyl (C=O) groups is 2. The summed E-state index contributed by atoms with van der Waals surface area (Å²) in [6.07, 6.45) is 16.2. The lowest BCUT2D eigenvalue weighted by atomic mass is 10.1. The summed E-state index contributed by atoms with van der Waals surface area (Å²) in [5.74, 6) is -0.607. The maximum absolute atomic E-state index is 11.6. The van der Waals surface area contributed by atoms with Gasteiger partial charge in [-0.3, -0.25) is 9.59 Å². The minimum Gasteiger partial charge on any atom is -0.481 e. The van der Waals surface area contributed by atoms with Crippen LogP contribution in [0.25, 0.3) is 0 Å². The van der Waals surface area contributed by atoms with E-state index in [-0.39, 0.29) is 18.3 Å². The van der Waals surface area contributed by atoms with Gasteiger partial charge in [0.15, 0.2) is 5.78 Å². The van der Waals surface area contributed by atoms with E-state index in [2.05, 4.69) is 0 Å². The van der Waals surface area contributed by atoms with Crippen molar-refractivity contribution in [1.29, 1.82) is 0 Å². The quantitative estimate of drug-likeness (QED) is 0.316. The third kappa shape index (κ3) is 14.7. The summed E-state index contributed by atoms with van der Waals surface area (Å²) in [4.78, 5) is 21.9. The van der Waals surface area contributed by atoms with E-state index in [0.717, 1.165) is 32.1 Å². The summed E-state index contributed by atoms with van der Waals surface area (Å²) in [7, 11) is 1.66. The van der Waals surface area contributed by atoms with E-state index < -0.39 is 5.97 Å². The smallest absolute Gasteiger partial charge is 0.303 e. The average Bonchev–Trinajstić information content (AvgIpc) is 2.49. The van der Waals surface area contributed by atoms with Crippen molar-refractivity contribution >= 4 is 11.8 Å². The zero-order chi connectivity index (χ0) is 16.6. The second-order valence-corrected chi connectivity index (χ2v) is 5.20. The molecule has 0 aliphatic carbocycles. The lowest BCUT2D eigenvalue weighted by Gasteiger charge is -1.99. The Morgan fingerprint density at radius 3 is 2.18 bits per heavy atom. The van der Waals surface area contributed by atoms with Crippen molar-refractivity contribution in [3.8, 4) is 0 Å². The number of allylic oxidation sites excluding steroid dienone is 5. The van der Waals surface area contributed by atoms with Crippen molar-refractivity contribution < 1.29 is 19.4 Å². The van der Waals surface area contributed by atoms with E-state index in [4.69, 9.17) is 9.84 Å². The maximum atomic E-state index is 11.6. The highest BCUT2D eigenvalue weighted by atomic mass is 16.5.